The molecule has 1 aromatic heterocycles. The number of aromatic nitrogens is 2. The molecular weight excluding hydrogens is 326 g/mol. The number of benzene rings is 1. The molecule has 2 heterocycles. The van der Waals surface area contributed by atoms with Crippen LogP contribution in [0.2, 0.25) is 0 Å². The Balaban J connectivity index is 1.71. The Morgan fingerprint density at radius 1 is 1.04 bits per heavy atom. The van der Waals surface area contributed by atoms with Gasteiger partial charge in [0.15, 0.2) is 0 Å². The molecule has 0 saturated carbocycles. The summed E-state index contributed by atoms with van der Waals surface area (Å²) >= 11 is 0. The van der Waals surface area contributed by atoms with Gasteiger partial charge in [0.05, 0.1) is 5.56 Å². The largest absolute Gasteiger partial charge is 0.338 e. The molecule has 0 unspecified atom stereocenters. The molecular formula is C20H27N5O. The molecule has 3 rings (SSSR count). The molecule has 26 heavy (non-hydrogen) atoms. The number of nitrogens with one attached hydrogen (secondary N) is 1. The number of nitrogens with zero attached hydrogens (tertiary/aromatic N) is 4. The Bertz CT molecular complexity index is 759. The quantitative estimate of drug-likeness (QED) is 0.919. The van der Waals surface area contributed by atoms with E-state index in [1.54, 1.807) is 12.4 Å². The fourth-order valence-electron chi connectivity index (χ4n) is 3.05. The fourth-order valence-corrected chi connectivity index (χ4v) is 3.05. The average molecular weight is 353 g/mol. The maximum atomic E-state index is 12.6. The first-order valence-electron chi connectivity index (χ1n) is 9.01. The number of para-hydroxylation sites is 1. The predicted octanol–water partition coefficient (Wildman–Crippen LogP) is 2.78. The second-order valence-corrected chi connectivity index (χ2v) is 7.81. The summed E-state index contributed by atoms with van der Waals surface area (Å²) in [5.74, 6) is 0.497. The minimum atomic E-state index is -0.188. The molecule has 0 radical (unpaired) electrons. The van der Waals surface area contributed by atoms with Crippen LogP contribution in [0.1, 0.15) is 36.7 Å². The molecule has 1 saturated heterocycles. The van der Waals surface area contributed by atoms with E-state index < -0.39 is 0 Å². The number of anilines is 2. The summed E-state index contributed by atoms with van der Waals surface area (Å²) in [5, 5.41) is 3.00. The van der Waals surface area contributed by atoms with Crippen molar-refractivity contribution in [3.63, 3.8) is 0 Å². The minimum absolute atomic E-state index is 0.0499. The van der Waals surface area contributed by atoms with Crippen LogP contribution in [0.15, 0.2) is 36.7 Å². The van der Waals surface area contributed by atoms with Gasteiger partial charge in [-0.1, -0.05) is 39.0 Å². The Labute approximate surface area is 155 Å². The Morgan fingerprint density at radius 3 is 2.27 bits per heavy atom. The van der Waals surface area contributed by atoms with Crippen LogP contribution in [0.3, 0.4) is 0 Å². The van der Waals surface area contributed by atoms with Crippen LogP contribution in [-0.4, -0.2) is 54.0 Å². The van der Waals surface area contributed by atoms with Gasteiger partial charge < -0.3 is 15.1 Å². The monoisotopic (exact) mass is 353 g/mol. The second-order valence-electron chi connectivity index (χ2n) is 7.81. The summed E-state index contributed by atoms with van der Waals surface area (Å²) in [5.41, 5.74) is 2.34. The van der Waals surface area contributed by atoms with Gasteiger partial charge in [-0.3, -0.25) is 4.79 Å². The molecule has 1 aromatic carbocycles. The highest BCUT2D eigenvalue weighted by Gasteiger charge is 2.20. The molecule has 138 valence electrons. The number of likely N-dealkylation sites (N-methyl/N-ethyl adjacent to an activating group) is 1. The van der Waals surface area contributed by atoms with Crippen molar-refractivity contribution in [1.82, 2.24) is 14.9 Å². The molecule has 2 aromatic rings. The van der Waals surface area contributed by atoms with Crippen molar-refractivity contribution in [3.05, 3.63) is 47.8 Å². The minimum Gasteiger partial charge on any atom is -0.338 e. The summed E-state index contributed by atoms with van der Waals surface area (Å²) in [6.45, 7) is 10.2. The Morgan fingerprint density at radius 2 is 1.65 bits per heavy atom. The van der Waals surface area contributed by atoms with E-state index in [2.05, 4.69) is 52.9 Å². The molecule has 0 spiro atoms. The molecule has 0 aliphatic carbocycles. The van der Waals surface area contributed by atoms with Crippen LogP contribution in [0.4, 0.5) is 11.6 Å². The Kier molecular flexibility index (Phi) is 5.23. The van der Waals surface area contributed by atoms with E-state index in [-0.39, 0.29) is 11.3 Å². The zero-order chi connectivity index (χ0) is 18.7. The zero-order valence-electron chi connectivity index (χ0n) is 16.0. The van der Waals surface area contributed by atoms with E-state index in [1.165, 1.54) is 0 Å². The highest BCUT2D eigenvalue weighted by molar-refractivity contribution is 6.04. The van der Waals surface area contributed by atoms with E-state index in [4.69, 9.17) is 0 Å². The number of rotatable bonds is 3. The zero-order valence-corrected chi connectivity index (χ0v) is 16.0. The number of hydrogen-bond acceptors (Lipinski definition) is 5. The predicted molar refractivity (Wildman–Crippen MR) is 105 cm³/mol. The maximum Gasteiger partial charge on any atom is 0.258 e. The lowest BCUT2D eigenvalue weighted by Crippen LogP contribution is -2.45. The number of hydrogen-bond donors (Lipinski definition) is 1. The summed E-state index contributed by atoms with van der Waals surface area (Å²) in [4.78, 5) is 25.8. The SMILES string of the molecule is CN1CCN(c2ncc(C(=O)Nc3ccccc3C(C)(C)C)cn2)CC1. The number of piperazine rings is 1. The summed E-state index contributed by atoms with van der Waals surface area (Å²) in [7, 11) is 2.11. The van der Waals surface area contributed by atoms with E-state index in [0.29, 0.717) is 11.5 Å². The van der Waals surface area contributed by atoms with Crippen LogP contribution in [0.25, 0.3) is 0 Å². The molecule has 1 fully saturated rings. The summed E-state index contributed by atoms with van der Waals surface area (Å²) in [6.07, 6.45) is 3.21. The topological polar surface area (TPSA) is 61.4 Å². The fraction of sp³-hybridized carbons (Fsp3) is 0.450. The van der Waals surface area contributed by atoms with Gasteiger partial charge in [-0.15, -0.1) is 0 Å². The average Bonchev–Trinajstić information content (AvgIpc) is 2.62. The van der Waals surface area contributed by atoms with E-state index in [1.807, 2.05) is 24.3 Å². The molecule has 0 bridgehead atoms. The first-order valence-corrected chi connectivity index (χ1v) is 9.01. The van der Waals surface area contributed by atoms with Gasteiger partial charge >= 0.3 is 0 Å². The van der Waals surface area contributed by atoms with E-state index in [0.717, 1.165) is 37.4 Å². The summed E-state index contributed by atoms with van der Waals surface area (Å²) in [6, 6.07) is 7.89. The van der Waals surface area contributed by atoms with E-state index in [9.17, 15) is 4.79 Å². The van der Waals surface area contributed by atoms with Crippen LogP contribution in [0, 0.1) is 0 Å². The van der Waals surface area contributed by atoms with Crippen molar-refractivity contribution in [2.45, 2.75) is 26.2 Å². The van der Waals surface area contributed by atoms with Gasteiger partial charge in [0.2, 0.25) is 5.95 Å². The van der Waals surface area contributed by atoms with Gasteiger partial charge in [-0.25, -0.2) is 9.97 Å². The van der Waals surface area contributed by atoms with Crippen molar-refractivity contribution in [2.75, 3.05) is 43.4 Å². The lowest BCUT2D eigenvalue weighted by atomic mass is 9.86. The van der Waals surface area contributed by atoms with Crippen molar-refractivity contribution in [2.24, 2.45) is 0 Å². The van der Waals surface area contributed by atoms with Gasteiger partial charge in [0.1, 0.15) is 0 Å². The third-order valence-corrected chi connectivity index (χ3v) is 4.67. The van der Waals surface area contributed by atoms with Crippen molar-refractivity contribution >= 4 is 17.5 Å². The van der Waals surface area contributed by atoms with Crippen molar-refractivity contribution in [1.29, 1.82) is 0 Å². The molecule has 1 N–H and O–H groups in total. The van der Waals surface area contributed by atoms with E-state index >= 15 is 0 Å². The van der Waals surface area contributed by atoms with Gasteiger partial charge in [0, 0.05) is 44.3 Å². The molecule has 6 nitrogen and oxygen atoms in total. The van der Waals surface area contributed by atoms with Crippen LogP contribution in [0.5, 0.6) is 0 Å². The second kappa shape index (κ2) is 7.41. The number of carbonyl (C=O) groups excluding carboxylic acids is 1. The van der Waals surface area contributed by atoms with Gasteiger partial charge in [0.25, 0.3) is 5.91 Å². The maximum absolute atomic E-state index is 12.6. The standard InChI is InChI=1S/C20H27N5O/c1-20(2,3)16-7-5-6-8-17(16)23-18(26)15-13-21-19(22-14-15)25-11-9-24(4)10-12-25/h5-8,13-14H,9-12H2,1-4H3,(H,23,26). The number of amides is 1. The highest BCUT2D eigenvalue weighted by Crippen LogP contribution is 2.29. The Hall–Kier alpha value is -2.47. The summed E-state index contributed by atoms with van der Waals surface area (Å²) < 4.78 is 0. The van der Waals surface area contributed by atoms with Crippen LogP contribution >= 0.6 is 0 Å². The third-order valence-electron chi connectivity index (χ3n) is 4.67. The molecule has 1 aliphatic rings. The van der Waals surface area contributed by atoms with Gasteiger partial charge in [-0.2, -0.15) is 0 Å². The lowest BCUT2D eigenvalue weighted by molar-refractivity contribution is 0.102. The molecule has 1 aliphatic heterocycles. The third kappa shape index (κ3) is 4.19. The van der Waals surface area contributed by atoms with Crippen LogP contribution < -0.4 is 10.2 Å². The highest BCUT2D eigenvalue weighted by atomic mass is 16.1. The first-order chi connectivity index (χ1) is 12.3. The molecule has 1 amide bonds. The lowest BCUT2D eigenvalue weighted by Gasteiger charge is -2.32. The number of carbonyl (C=O) groups is 1. The van der Waals surface area contributed by atoms with Crippen LogP contribution in [-0.2, 0) is 5.41 Å². The normalized spacial score (nSPS) is 15.8. The van der Waals surface area contributed by atoms with Gasteiger partial charge in [-0.05, 0) is 24.1 Å². The van der Waals surface area contributed by atoms with Crippen molar-refractivity contribution in [3.8, 4) is 0 Å². The smallest absolute Gasteiger partial charge is 0.258 e. The molecule has 6 heteroatoms. The van der Waals surface area contributed by atoms with Crippen molar-refractivity contribution < 1.29 is 4.79 Å². The first kappa shape index (κ1) is 18.3. The molecule has 0 atom stereocenters.